The second-order valence-electron chi connectivity index (χ2n) is 7.01. The Balaban J connectivity index is 1.81. The largest absolute Gasteiger partial charge is 0.486 e. The van der Waals surface area contributed by atoms with Crippen LogP contribution in [0.2, 0.25) is 0 Å². The molecule has 2 aromatic carbocycles. The van der Waals surface area contributed by atoms with Crippen LogP contribution in [0.5, 0.6) is 17.4 Å². The number of nitrogens with zero attached hydrogens (tertiary/aromatic N) is 1. The molecule has 0 saturated heterocycles. The van der Waals surface area contributed by atoms with Gasteiger partial charge in [0, 0.05) is 22.7 Å². The maximum absolute atomic E-state index is 13.6. The molecule has 0 radical (unpaired) electrons. The second-order valence-corrected chi connectivity index (χ2v) is 7.01. The van der Waals surface area contributed by atoms with E-state index >= 15 is 0 Å². The maximum Gasteiger partial charge on any atom is 0.405 e. The molecule has 160 valence electrons. The monoisotopic (exact) mass is 422 g/mol. The van der Waals surface area contributed by atoms with Gasteiger partial charge in [-0.3, -0.25) is 4.79 Å². The summed E-state index contributed by atoms with van der Waals surface area (Å²) in [5.74, 6) is 0.950. The van der Waals surface area contributed by atoms with E-state index in [9.17, 15) is 9.59 Å². The van der Waals surface area contributed by atoms with Gasteiger partial charge >= 0.3 is 6.09 Å². The number of carbonyl (C=O) groups is 2. The molecule has 0 saturated carbocycles. The molecule has 1 atom stereocenters. The van der Waals surface area contributed by atoms with E-state index in [0.29, 0.717) is 53.9 Å². The average Bonchev–Trinajstić information content (AvgIpc) is 2.77. The summed E-state index contributed by atoms with van der Waals surface area (Å²) in [6.45, 7) is 4.66. The third-order valence-electron chi connectivity index (χ3n) is 5.07. The topological polar surface area (TPSA) is 107 Å². The van der Waals surface area contributed by atoms with Crippen LogP contribution < -0.4 is 19.5 Å². The molecule has 1 aliphatic rings. The van der Waals surface area contributed by atoms with Crippen LogP contribution in [0, 0.1) is 0 Å². The normalized spacial score (nSPS) is 13.5. The van der Waals surface area contributed by atoms with E-state index in [-0.39, 0.29) is 5.78 Å². The SMILES string of the molecule is CCOc1nccc2c(C(=O)c3ccc([C@@H](C)NC(=O)O)c4c3OCCO4)cccc12. The van der Waals surface area contributed by atoms with Gasteiger partial charge in [-0.2, -0.15) is 0 Å². The summed E-state index contributed by atoms with van der Waals surface area (Å²) in [4.78, 5) is 28.9. The highest BCUT2D eigenvalue weighted by molar-refractivity contribution is 6.18. The number of ketones is 1. The van der Waals surface area contributed by atoms with E-state index in [4.69, 9.17) is 19.3 Å². The molecule has 0 aliphatic carbocycles. The van der Waals surface area contributed by atoms with E-state index in [1.165, 1.54) is 0 Å². The van der Waals surface area contributed by atoms with Gasteiger partial charge in [-0.05, 0) is 37.4 Å². The minimum atomic E-state index is -1.15. The Morgan fingerprint density at radius 1 is 1.10 bits per heavy atom. The Kier molecular flexibility index (Phi) is 5.62. The highest BCUT2D eigenvalue weighted by atomic mass is 16.6. The Morgan fingerprint density at radius 3 is 2.61 bits per heavy atom. The summed E-state index contributed by atoms with van der Waals surface area (Å²) in [5.41, 5.74) is 1.44. The first-order valence-electron chi connectivity index (χ1n) is 9.98. The lowest BCUT2D eigenvalue weighted by Gasteiger charge is -2.25. The number of nitrogens with one attached hydrogen (secondary N) is 1. The molecule has 1 aromatic heterocycles. The van der Waals surface area contributed by atoms with Crippen molar-refractivity contribution in [2.75, 3.05) is 19.8 Å². The number of benzene rings is 2. The summed E-state index contributed by atoms with van der Waals surface area (Å²) < 4.78 is 17.2. The molecule has 4 rings (SSSR count). The van der Waals surface area contributed by atoms with Crippen molar-refractivity contribution in [2.24, 2.45) is 0 Å². The van der Waals surface area contributed by atoms with E-state index in [1.807, 2.05) is 13.0 Å². The predicted octanol–water partition coefficient (Wildman–Crippen LogP) is 3.96. The number of rotatable bonds is 6. The molecule has 1 amide bonds. The van der Waals surface area contributed by atoms with E-state index in [2.05, 4.69) is 10.3 Å². The quantitative estimate of drug-likeness (QED) is 0.579. The Morgan fingerprint density at radius 2 is 1.87 bits per heavy atom. The molecule has 1 aliphatic heterocycles. The minimum Gasteiger partial charge on any atom is -0.486 e. The minimum absolute atomic E-state index is 0.230. The number of hydrogen-bond donors (Lipinski definition) is 2. The summed E-state index contributed by atoms with van der Waals surface area (Å²) in [5, 5.41) is 12.9. The van der Waals surface area contributed by atoms with Crippen LogP contribution in [0.3, 0.4) is 0 Å². The highest BCUT2D eigenvalue weighted by Gasteiger charge is 2.27. The van der Waals surface area contributed by atoms with Crippen molar-refractivity contribution in [3.8, 4) is 17.4 Å². The first kappa shape index (κ1) is 20.5. The third-order valence-corrected chi connectivity index (χ3v) is 5.07. The van der Waals surface area contributed by atoms with Crippen LogP contribution in [-0.2, 0) is 0 Å². The van der Waals surface area contributed by atoms with Gasteiger partial charge in [0.1, 0.15) is 13.2 Å². The highest BCUT2D eigenvalue weighted by Crippen LogP contribution is 2.41. The molecule has 8 nitrogen and oxygen atoms in total. The van der Waals surface area contributed by atoms with Gasteiger partial charge in [0.25, 0.3) is 0 Å². The molecule has 2 heterocycles. The van der Waals surface area contributed by atoms with Crippen LogP contribution in [0.25, 0.3) is 10.8 Å². The van der Waals surface area contributed by atoms with Crippen molar-refractivity contribution < 1.29 is 28.9 Å². The zero-order valence-electron chi connectivity index (χ0n) is 17.2. The zero-order valence-corrected chi connectivity index (χ0v) is 17.2. The number of ether oxygens (including phenoxy) is 3. The number of hydrogen-bond acceptors (Lipinski definition) is 6. The lowest BCUT2D eigenvalue weighted by atomic mass is 9.94. The molecular formula is C23H22N2O6. The Hall–Kier alpha value is -3.81. The van der Waals surface area contributed by atoms with Crippen LogP contribution in [-0.4, -0.2) is 41.8 Å². The maximum atomic E-state index is 13.6. The first-order valence-corrected chi connectivity index (χ1v) is 9.98. The molecule has 0 unspecified atom stereocenters. The van der Waals surface area contributed by atoms with Gasteiger partial charge in [-0.1, -0.05) is 18.2 Å². The number of amides is 1. The number of carboxylic acid groups (broad SMARTS) is 1. The standard InChI is InChI=1S/C23H22N2O6/c1-3-29-22-17-6-4-5-16(15(17)9-10-24-22)19(26)18-8-7-14(13(2)25-23(27)28)20-21(18)31-12-11-30-20/h4-10,13,25H,3,11-12H2,1-2H3,(H,27,28)/t13-/m1/s1. The molecule has 2 N–H and O–H groups in total. The predicted molar refractivity (Wildman–Crippen MR) is 113 cm³/mol. The molecule has 0 bridgehead atoms. The molecule has 3 aromatic rings. The van der Waals surface area contributed by atoms with Gasteiger partial charge in [-0.25, -0.2) is 9.78 Å². The fourth-order valence-corrected chi connectivity index (χ4v) is 3.72. The summed E-state index contributed by atoms with van der Waals surface area (Å²) >= 11 is 0. The molecule has 31 heavy (non-hydrogen) atoms. The molecule has 0 fully saturated rings. The number of carbonyl (C=O) groups excluding carboxylic acids is 1. The van der Waals surface area contributed by atoms with Gasteiger partial charge in [0.05, 0.1) is 18.2 Å². The van der Waals surface area contributed by atoms with Crippen molar-refractivity contribution in [1.82, 2.24) is 10.3 Å². The summed E-state index contributed by atoms with van der Waals surface area (Å²) in [7, 11) is 0. The zero-order chi connectivity index (χ0) is 22.0. The third kappa shape index (κ3) is 3.84. The summed E-state index contributed by atoms with van der Waals surface area (Å²) in [6, 6.07) is 9.99. The number of pyridine rings is 1. The van der Waals surface area contributed by atoms with Crippen LogP contribution in [0.15, 0.2) is 42.6 Å². The average molecular weight is 422 g/mol. The van der Waals surface area contributed by atoms with Gasteiger partial charge in [0.2, 0.25) is 5.88 Å². The Labute approximate surface area is 178 Å². The van der Waals surface area contributed by atoms with E-state index in [1.54, 1.807) is 43.5 Å². The first-order chi connectivity index (χ1) is 15.0. The number of aromatic nitrogens is 1. The second kappa shape index (κ2) is 8.51. The van der Waals surface area contributed by atoms with Crippen LogP contribution >= 0.6 is 0 Å². The van der Waals surface area contributed by atoms with Crippen LogP contribution in [0.1, 0.15) is 41.4 Å². The lowest BCUT2D eigenvalue weighted by molar-refractivity contribution is 0.102. The van der Waals surface area contributed by atoms with Gasteiger partial charge in [-0.15, -0.1) is 0 Å². The van der Waals surface area contributed by atoms with Crippen molar-refractivity contribution in [2.45, 2.75) is 19.9 Å². The number of fused-ring (bicyclic) bond motifs is 2. The smallest absolute Gasteiger partial charge is 0.405 e. The van der Waals surface area contributed by atoms with Crippen molar-refractivity contribution >= 4 is 22.6 Å². The van der Waals surface area contributed by atoms with Crippen LogP contribution in [0.4, 0.5) is 4.79 Å². The van der Waals surface area contributed by atoms with Crippen molar-refractivity contribution in [3.63, 3.8) is 0 Å². The van der Waals surface area contributed by atoms with E-state index in [0.717, 1.165) is 10.8 Å². The molecule has 0 spiro atoms. The fraction of sp³-hybridized carbons (Fsp3) is 0.261. The Bertz CT molecular complexity index is 1160. The molecule has 8 heteroatoms. The lowest BCUT2D eigenvalue weighted by Crippen LogP contribution is -2.26. The van der Waals surface area contributed by atoms with Crippen molar-refractivity contribution in [1.29, 1.82) is 0 Å². The molecular weight excluding hydrogens is 400 g/mol. The van der Waals surface area contributed by atoms with Gasteiger partial charge in [0.15, 0.2) is 17.3 Å². The fourth-order valence-electron chi connectivity index (χ4n) is 3.72. The summed E-state index contributed by atoms with van der Waals surface area (Å²) in [6.07, 6.45) is 0.467. The van der Waals surface area contributed by atoms with E-state index < -0.39 is 12.1 Å². The van der Waals surface area contributed by atoms with Gasteiger partial charge < -0.3 is 24.6 Å². The van der Waals surface area contributed by atoms with Crippen molar-refractivity contribution in [3.05, 3.63) is 59.3 Å².